The fourth-order valence-electron chi connectivity index (χ4n) is 2.17. The van der Waals surface area contributed by atoms with Crippen molar-refractivity contribution in [3.63, 3.8) is 0 Å². The van der Waals surface area contributed by atoms with E-state index in [2.05, 4.69) is 10.3 Å². The summed E-state index contributed by atoms with van der Waals surface area (Å²) in [6.07, 6.45) is 1.41. The first kappa shape index (κ1) is 17.1. The Morgan fingerprint density at radius 1 is 1.30 bits per heavy atom. The normalized spacial score (nSPS) is 10.9. The van der Waals surface area contributed by atoms with Crippen LogP contribution in [0, 0.1) is 6.92 Å². The molecule has 0 unspecified atom stereocenters. The molecule has 2 rings (SSSR count). The van der Waals surface area contributed by atoms with E-state index in [1.807, 2.05) is 19.1 Å². The Morgan fingerprint density at radius 3 is 2.91 bits per heavy atom. The Kier molecular flexibility index (Phi) is 6.25. The van der Waals surface area contributed by atoms with Crippen LogP contribution in [0.5, 0.6) is 0 Å². The van der Waals surface area contributed by atoms with Crippen LogP contribution >= 0.6 is 0 Å². The van der Waals surface area contributed by atoms with Crippen LogP contribution < -0.4 is 10.9 Å². The van der Waals surface area contributed by atoms with Gasteiger partial charge in [-0.3, -0.25) is 14.2 Å². The average Bonchev–Trinajstić information content (AvgIpc) is 2.54. The van der Waals surface area contributed by atoms with Crippen molar-refractivity contribution in [3.05, 3.63) is 40.4 Å². The van der Waals surface area contributed by atoms with E-state index in [-0.39, 0.29) is 18.0 Å². The van der Waals surface area contributed by atoms with Gasteiger partial charge in [0.2, 0.25) is 5.91 Å². The predicted molar refractivity (Wildman–Crippen MR) is 86.4 cm³/mol. The lowest BCUT2D eigenvalue weighted by atomic mass is 10.1. The van der Waals surface area contributed by atoms with Crippen LogP contribution in [0.25, 0.3) is 10.9 Å². The number of para-hydroxylation sites is 1. The van der Waals surface area contributed by atoms with Gasteiger partial charge in [0.1, 0.15) is 6.54 Å². The highest BCUT2D eigenvalue weighted by atomic mass is 16.5. The van der Waals surface area contributed by atoms with E-state index >= 15 is 0 Å². The molecule has 0 saturated carbocycles. The van der Waals surface area contributed by atoms with E-state index < -0.39 is 0 Å². The molecule has 1 heterocycles. The second-order valence-electron chi connectivity index (χ2n) is 5.10. The molecule has 0 aliphatic heterocycles. The van der Waals surface area contributed by atoms with Gasteiger partial charge < -0.3 is 14.8 Å². The number of aromatic nitrogens is 2. The van der Waals surface area contributed by atoms with Gasteiger partial charge in [-0.1, -0.05) is 12.1 Å². The lowest BCUT2D eigenvalue weighted by Gasteiger charge is -2.09. The molecule has 1 aromatic carbocycles. The van der Waals surface area contributed by atoms with Gasteiger partial charge in [0, 0.05) is 13.7 Å². The Labute approximate surface area is 134 Å². The molecule has 0 bridgehead atoms. The molecule has 1 amide bonds. The summed E-state index contributed by atoms with van der Waals surface area (Å²) >= 11 is 0. The van der Waals surface area contributed by atoms with E-state index in [9.17, 15) is 9.59 Å². The molecule has 7 heteroatoms. The number of fused-ring (bicyclic) bond motifs is 1. The Balaban J connectivity index is 1.93. The second kappa shape index (κ2) is 8.40. The maximum Gasteiger partial charge on any atom is 0.261 e. The van der Waals surface area contributed by atoms with Gasteiger partial charge in [0.25, 0.3) is 5.56 Å². The van der Waals surface area contributed by atoms with Gasteiger partial charge in [-0.25, -0.2) is 4.98 Å². The molecule has 7 nitrogen and oxygen atoms in total. The average molecular weight is 319 g/mol. The molecule has 1 N–H and O–H groups in total. The molecule has 23 heavy (non-hydrogen) atoms. The zero-order chi connectivity index (χ0) is 16.7. The summed E-state index contributed by atoms with van der Waals surface area (Å²) in [5.74, 6) is -0.253. The molecule has 0 atom stereocenters. The first-order valence-electron chi connectivity index (χ1n) is 7.41. The monoisotopic (exact) mass is 319 g/mol. The molecular weight excluding hydrogens is 298 g/mol. The van der Waals surface area contributed by atoms with Gasteiger partial charge in [-0.2, -0.15) is 0 Å². The number of carbonyl (C=O) groups is 1. The molecule has 2 aromatic rings. The minimum absolute atomic E-state index is 0.0617. The lowest BCUT2D eigenvalue weighted by Crippen LogP contribution is -2.34. The number of methoxy groups -OCH3 is 1. The highest BCUT2D eigenvalue weighted by Gasteiger charge is 2.08. The van der Waals surface area contributed by atoms with Crippen molar-refractivity contribution < 1.29 is 14.3 Å². The lowest BCUT2D eigenvalue weighted by molar-refractivity contribution is -0.122. The third-order valence-corrected chi connectivity index (χ3v) is 3.37. The zero-order valence-electron chi connectivity index (χ0n) is 13.4. The third-order valence-electron chi connectivity index (χ3n) is 3.37. The first-order chi connectivity index (χ1) is 11.1. The molecule has 0 aliphatic rings. The summed E-state index contributed by atoms with van der Waals surface area (Å²) < 4.78 is 11.4. The van der Waals surface area contributed by atoms with Crippen LogP contribution in [0.15, 0.2) is 29.3 Å². The number of carbonyl (C=O) groups excluding carboxylic acids is 1. The highest BCUT2D eigenvalue weighted by molar-refractivity contribution is 5.81. The maximum absolute atomic E-state index is 12.4. The third kappa shape index (κ3) is 4.61. The first-order valence-corrected chi connectivity index (χ1v) is 7.41. The van der Waals surface area contributed by atoms with Crippen LogP contribution in [-0.4, -0.2) is 48.9 Å². The Bertz CT molecular complexity index is 727. The summed E-state index contributed by atoms with van der Waals surface area (Å²) in [4.78, 5) is 28.5. The van der Waals surface area contributed by atoms with Gasteiger partial charge in [-0.05, 0) is 18.6 Å². The number of benzene rings is 1. The number of hydrogen-bond acceptors (Lipinski definition) is 5. The van der Waals surface area contributed by atoms with Crippen LogP contribution in [-0.2, 0) is 20.8 Å². The van der Waals surface area contributed by atoms with Crippen molar-refractivity contribution in [2.24, 2.45) is 0 Å². The van der Waals surface area contributed by atoms with Crippen molar-refractivity contribution in [1.29, 1.82) is 0 Å². The van der Waals surface area contributed by atoms with E-state index in [4.69, 9.17) is 9.47 Å². The summed E-state index contributed by atoms with van der Waals surface area (Å²) in [5, 5.41) is 3.22. The Morgan fingerprint density at radius 2 is 2.13 bits per heavy atom. The molecular formula is C16H21N3O4. The van der Waals surface area contributed by atoms with E-state index in [1.165, 1.54) is 10.9 Å². The highest BCUT2D eigenvalue weighted by Crippen LogP contribution is 2.10. The number of hydrogen-bond donors (Lipinski definition) is 1. The van der Waals surface area contributed by atoms with Crippen LogP contribution in [0.1, 0.15) is 5.56 Å². The van der Waals surface area contributed by atoms with E-state index in [1.54, 1.807) is 13.2 Å². The Hall–Kier alpha value is -2.25. The molecule has 0 fully saturated rings. The van der Waals surface area contributed by atoms with Gasteiger partial charge >= 0.3 is 0 Å². The zero-order valence-corrected chi connectivity index (χ0v) is 13.4. The van der Waals surface area contributed by atoms with E-state index in [0.29, 0.717) is 37.3 Å². The van der Waals surface area contributed by atoms with Gasteiger partial charge in [0.05, 0.1) is 37.1 Å². The molecule has 0 spiro atoms. The molecule has 0 aliphatic carbocycles. The largest absolute Gasteiger partial charge is 0.382 e. The van der Waals surface area contributed by atoms with Crippen molar-refractivity contribution in [1.82, 2.24) is 14.9 Å². The summed E-state index contributed by atoms with van der Waals surface area (Å²) in [7, 11) is 1.60. The standard InChI is InChI=1S/C16H21N3O4/c1-12-4-3-5-13-15(12)18-11-19(16(13)21)10-14(20)17-6-7-23-9-8-22-2/h3-5,11H,6-10H2,1-2H3,(H,17,20). The minimum atomic E-state index is -0.253. The van der Waals surface area contributed by atoms with Crippen molar-refractivity contribution >= 4 is 16.8 Å². The van der Waals surface area contributed by atoms with Crippen molar-refractivity contribution in [2.75, 3.05) is 33.5 Å². The summed E-state index contributed by atoms with van der Waals surface area (Å²) in [6.45, 7) is 3.63. The minimum Gasteiger partial charge on any atom is -0.382 e. The molecule has 124 valence electrons. The smallest absolute Gasteiger partial charge is 0.261 e. The topological polar surface area (TPSA) is 82.4 Å². The van der Waals surface area contributed by atoms with Crippen LogP contribution in [0.3, 0.4) is 0 Å². The van der Waals surface area contributed by atoms with Crippen LogP contribution in [0.4, 0.5) is 0 Å². The summed E-state index contributed by atoms with van der Waals surface area (Å²) in [5.41, 5.74) is 1.38. The van der Waals surface area contributed by atoms with Crippen LogP contribution in [0.2, 0.25) is 0 Å². The number of nitrogens with one attached hydrogen (secondary N) is 1. The van der Waals surface area contributed by atoms with Crippen molar-refractivity contribution in [3.8, 4) is 0 Å². The quantitative estimate of drug-likeness (QED) is 0.716. The summed E-state index contributed by atoms with van der Waals surface area (Å²) in [6, 6.07) is 5.42. The fraction of sp³-hybridized carbons (Fsp3) is 0.438. The molecule has 0 saturated heterocycles. The second-order valence-corrected chi connectivity index (χ2v) is 5.10. The molecule has 1 aromatic heterocycles. The van der Waals surface area contributed by atoms with Gasteiger partial charge in [-0.15, -0.1) is 0 Å². The predicted octanol–water partition coefficient (Wildman–Crippen LogP) is 0.484. The number of rotatable bonds is 8. The number of ether oxygens (including phenoxy) is 2. The SMILES string of the molecule is COCCOCCNC(=O)Cn1cnc2c(C)cccc2c1=O. The fourth-order valence-corrected chi connectivity index (χ4v) is 2.17. The number of aryl methyl sites for hydroxylation is 1. The van der Waals surface area contributed by atoms with E-state index in [0.717, 1.165) is 5.56 Å². The number of nitrogens with zero attached hydrogens (tertiary/aromatic N) is 2. The van der Waals surface area contributed by atoms with Crippen molar-refractivity contribution in [2.45, 2.75) is 13.5 Å². The van der Waals surface area contributed by atoms with Gasteiger partial charge in [0.15, 0.2) is 0 Å². The maximum atomic E-state index is 12.4. The number of amides is 1. The molecule has 0 radical (unpaired) electrons.